The molecular formula is C30H37N7O2. The highest BCUT2D eigenvalue weighted by molar-refractivity contribution is 5.80. The van der Waals surface area contributed by atoms with Crippen LogP contribution in [0.25, 0.3) is 10.9 Å². The molecule has 9 heteroatoms. The van der Waals surface area contributed by atoms with Crippen molar-refractivity contribution in [2.45, 2.75) is 57.5 Å². The number of aryl methyl sites for hydroxylation is 1. The van der Waals surface area contributed by atoms with E-state index in [-0.39, 0.29) is 17.6 Å². The summed E-state index contributed by atoms with van der Waals surface area (Å²) in [5.41, 5.74) is 3.82. The molecular weight excluding hydrogens is 490 g/mol. The number of methoxy groups -OCH3 is 1. The van der Waals surface area contributed by atoms with E-state index in [1.54, 1.807) is 7.11 Å². The van der Waals surface area contributed by atoms with E-state index in [9.17, 15) is 4.79 Å². The minimum Gasteiger partial charge on any atom is -0.495 e. The number of nitrogens with zero attached hydrogens (tertiary/aromatic N) is 6. The molecule has 0 unspecified atom stereocenters. The number of pyridine rings is 1. The van der Waals surface area contributed by atoms with Crippen LogP contribution in [0.15, 0.2) is 53.3 Å². The zero-order valence-corrected chi connectivity index (χ0v) is 22.8. The third-order valence-corrected chi connectivity index (χ3v) is 8.43. The minimum atomic E-state index is -0.333. The highest BCUT2D eigenvalue weighted by Gasteiger charge is 2.34. The second kappa shape index (κ2) is 11.2. The summed E-state index contributed by atoms with van der Waals surface area (Å²) < 4.78 is 7.65. The third-order valence-electron chi connectivity index (χ3n) is 8.43. The van der Waals surface area contributed by atoms with Crippen LogP contribution in [0.4, 0.5) is 5.69 Å². The van der Waals surface area contributed by atoms with Gasteiger partial charge in [-0.1, -0.05) is 44.4 Å². The van der Waals surface area contributed by atoms with Crippen molar-refractivity contribution in [2.75, 3.05) is 38.2 Å². The molecule has 39 heavy (non-hydrogen) atoms. The van der Waals surface area contributed by atoms with Crippen LogP contribution in [0.5, 0.6) is 5.75 Å². The van der Waals surface area contributed by atoms with Gasteiger partial charge >= 0.3 is 0 Å². The van der Waals surface area contributed by atoms with E-state index in [2.05, 4.69) is 61.5 Å². The van der Waals surface area contributed by atoms with Gasteiger partial charge in [-0.15, -0.1) is 5.10 Å². The summed E-state index contributed by atoms with van der Waals surface area (Å²) >= 11 is 0. The smallest absolute Gasteiger partial charge is 0.253 e. The molecule has 2 aromatic carbocycles. The highest BCUT2D eigenvalue weighted by Crippen LogP contribution is 2.35. The van der Waals surface area contributed by atoms with Gasteiger partial charge in [-0.25, -0.2) is 4.68 Å². The number of hydrogen-bond donors (Lipinski definition) is 1. The Morgan fingerprint density at radius 1 is 1.03 bits per heavy atom. The zero-order valence-electron chi connectivity index (χ0n) is 22.8. The molecule has 6 rings (SSSR count). The van der Waals surface area contributed by atoms with Crippen LogP contribution >= 0.6 is 0 Å². The number of rotatable bonds is 7. The number of ether oxygens (including phenoxy) is 1. The van der Waals surface area contributed by atoms with Crippen LogP contribution in [-0.4, -0.2) is 63.4 Å². The summed E-state index contributed by atoms with van der Waals surface area (Å²) in [7, 11) is 1.71. The second-order valence-electron chi connectivity index (χ2n) is 10.7. The summed E-state index contributed by atoms with van der Waals surface area (Å²) in [6.45, 7) is 5.32. The lowest BCUT2D eigenvalue weighted by Gasteiger charge is -2.40. The van der Waals surface area contributed by atoms with Gasteiger partial charge < -0.3 is 14.6 Å². The highest BCUT2D eigenvalue weighted by atomic mass is 16.5. The number of nitrogens with one attached hydrogen (secondary N) is 1. The number of fused-ring (bicyclic) bond motifs is 1. The van der Waals surface area contributed by atoms with Gasteiger partial charge in [0.2, 0.25) is 0 Å². The molecule has 2 aliphatic rings. The molecule has 9 nitrogen and oxygen atoms in total. The number of anilines is 1. The largest absolute Gasteiger partial charge is 0.495 e. The molecule has 1 saturated carbocycles. The van der Waals surface area contributed by atoms with Crippen LogP contribution < -0.4 is 15.2 Å². The standard InChI is InChI=1S/C30H37N7O2/c1-3-21-13-14-25-22(19-21)20-24(30(38)31-25)28(29-32-33-34-37(29)23-9-5-4-6-10-23)36-17-15-35(16-18-36)26-11-7-8-12-27(26)39-2/h7-8,11-14,19-20,23,28H,3-6,9-10,15-18H2,1-2H3,(H,31,38)/t28-/m1/s1. The van der Waals surface area contributed by atoms with Crippen LogP contribution in [0.2, 0.25) is 0 Å². The summed E-state index contributed by atoms with van der Waals surface area (Å²) in [5, 5.41) is 14.2. The maximum absolute atomic E-state index is 13.6. The summed E-state index contributed by atoms with van der Waals surface area (Å²) in [5.74, 6) is 1.64. The van der Waals surface area contributed by atoms with Crippen LogP contribution in [0, 0.1) is 0 Å². The average molecular weight is 528 g/mol. The van der Waals surface area contributed by atoms with Crippen molar-refractivity contribution < 1.29 is 4.74 Å². The van der Waals surface area contributed by atoms with Gasteiger partial charge in [0.25, 0.3) is 5.56 Å². The Kier molecular flexibility index (Phi) is 7.32. The van der Waals surface area contributed by atoms with Gasteiger partial charge in [0.1, 0.15) is 11.8 Å². The molecule has 0 spiro atoms. The number of tetrazole rings is 1. The van der Waals surface area contributed by atoms with E-state index in [4.69, 9.17) is 4.74 Å². The molecule has 3 heterocycles. The first-order valence-electron chi connectivity index (χ1n) is 14.2. The van der Waals surface area contributed by atoms with Gasteiger partial charge in [-0.05, 0) is 71.0 Å². The van der Waals surface area contributed by atoms with Crippen LogP contribution in [0.1, 0.15) is 68.1 Å². The van der Waals surface area contributed by atoms with E-state index in [0.29, 0.717) is 5.56 Å². The molecule has 1 aliphatic carbocycles. The SMILES string of the molecule is CCc1ccc2[nH]c(=O)c([C@H](c3nnnn3C3CCCCC3)N3CCN(c4ccccc4OC)CC3)cc2c1. The van der Waals surface area contributed by atoms with E-state index >= 15 is 0 Å². The monoisotopic (exact) mass is 527 g/mol. The zero-order chi connectivity index (χ0) is 26.8. The molecule has 4 aromatic rings. The minimum absolute atomic E-state index is 0.0814. The van der Waals surface area contributed by atoms with Crippen molar-refractivity contribution in [3.05, 3.63) is 75.8 Å². The van der Waals surface area contributed by atoms with Crippen molar-refractivity contribution >= 4 is 16.6 Å². The first-order valence-corrected chi connectivity index (χ1v) is 14.2. The number of para-hydroxylation sites is 2. The van der Waals surface area contributed by atoms with E-state index in [1.807, 2.05) is 28.9 Å². The quantitative estimate of drug-likeness (QED) is 0.378. The normalized spacial score (nSPS) is 17.9. The molecule has 1 saturated heterocycles. The number of piperazine rings is 1. The molecule has 0 bridgehead atoms. The predicted molar refractivity (Wildman–Crippen MR) is 153 cm³/mol. The summed E-state index contributed by atoms with van der Waals surface area (Å²) in [6.07, 6.45) is 6.71. The van der Waals surface area contributed by atoms with Gasteiger partial charge in [0.15, 0.2) is 5.82 Å². The summed E-state index contributed by atoms with van der Waals surface area (Å²) in [4.78, 5) is 21.5. The predicted octanol–water partition coefficient (Wildman–Crippen LogP) is 4.50. The molecule has 1 atom stereocenters. The average Bonchev–Trinajstić information content (AvgIpc) is 3.47. The Bertz CT molecular complexity index is 1480. The van der Waals surface area contributed by atoms with Crippen molar-refractivity contribution in [2.24, 2.45) is 0 Å². The topological polar surface area (TPSA) is 92.2 Å². The van der Waals surface area contributed by atoms with E-state index in [0.717, 1.165) is 73.6 Å². The Balaban J connectivity index is 1.39. The second-order valence-corrected chi connectivity index (χ2v) is 10.7. The number of aromatic amines is 1. The lowest BCUT2D eigenvalue weighted by Crippen LogP contribution is -2.49. The molecule has 0 radical (unpaired) electrons. The lowest BCUT2D eigenvalue weighted by molar-refractivity contribution is 0.192. The van der Waals surface area contributed by atoms with Crippen molar-refractivity contribution in [3.63, 3.8) is 0 Å². The van der Waals surface area contributed by atoms with Gasteiger partial charge in [0.05, 0.1) is 18.8 Å². The van der Waals surface area contributed by atoms with Crippen molar-refractivity contribution in [3.8, 4) is 5.75 Å². The Labute approximate surface area is 228 Å². The maximum Gasteiger partial charge on any atom is 0.253 e. The molecule has 2 aromatic heterocycles. The first kappa shape index (κ1) is 25.6. The third kappa shape index (κ3) is 5.03. The maximum atomic E-state index is 13.6. The molecule has 1 aliphatic heterocycles. The van der Waals surface area contributed by atoms with Gasteiger partial charge in [-0.2, -0.15) is 0 Å². The van der Waals surface area contributed by atoms with E-state index < -0.39 is 0 Å². The number of benzene rings is 2. The molecule has 2 fully saturated rings. The number of H-pyrrole nitrogens is 1. The van der Waals surface area contributed by atoms with Crippen molar-refractivity contribution in [1.29, 1.82) is 0 Å². The fourth-order valence-electron chi connectivity index (χ4n) is 6.27. The first-order chi connectivity index (χ1) is 19.2. The fourth-order valence-corrected chi connectivity index (χ4v) is 6.27. The Hall–Kier alpha value is -3.72. The molecule has 1 N–H and O–H groups in total. The van der Waals surface area contributed by atoms with Crippen LogP contribution in [-0.2, 0) is 6.42 Å². The van der Waals surface area contributed by atoms with Crippen molar-refractivity contribution in [1.82, 2.24) is 30.1 Å². The van der Waals surface area contributed by atoms with E-state index in [1.165, 1.54) is 24.8 Å². The molecule has 0 amide bonds. The Morgan fingerprint density at radius 3 is 2.59 bits per heavy atom. The van der Waals surface area contributed by atoms with Gasteiger partial charge in [-0.3, -0.25) is 9.69 Å². The summed E-state index contributed by atoms with van der Waals surface area (Å²) in [6, 6.07) is 16.4. The lowest BCUT2D eigenvalue weighted by atomic mass is 9.95. The number of hydrogen-bond acceptors (Lipinski definition) is 7. The fraction of sp³-hybridized carbons (Fsp3) is 0.467. The Morgan fingerprint density at radius 2 is 1.82 bits per heavy atom. The van der Waals surface area contributed by atoms with Crippen LogP contribution in [0.3, 0.4) is 0 Å². The molecule has 204 valence electrons. The number of aromatic nitrogens is 5. The van der Waals surface area contributed by atoms with Gasteiger partial charge in [0, 0.05) is 37.3 Å².